The largest absolute Gasteiger partial charge is 0.497 e. The lowest BCUT2D eigenvalue weighted by Crippen LogP contribution is -2.17. The summed E-state index contributed by atoms with van der Waals surface area (Å²) >= 11 is 0. The number of hydrogen-bond acceptors (Lipinski definition) is 7. The highest BCUT2D eigenvalue weighted by Gasteiger charge is 2.24. The lowest BCUT2D eigenvalue weighted by atomic mass is 9.87. The molecule has 4 rings (SSSR count). The van der Waals surface area contributed by atoms with Gasteiger partial charge in [-0.25, -0.2) is 8.42 Å². The van der Waals surface area contributed by atoms with Crippen LogP contribution in [0.25, 0.3) is 0 Å². The van der Waals surface area contributed by atoms with Crippen LogP contribution in [0.5, 0.6) is 23.0 Å². The van der Waals surface area contributed by atoms with Crippen LogP contribution in [-0.2, 0) is 15.4 Å². The standard InChI is InChI=1S/C32H34N2O7S/c1-32(2,3)23-13-15-27(16-14-23)42(37,38)34-28-19-22(31(36)33-24-9-6-5-7-10-24)20-29(40-18-17-35)30(28)41-26-12-8-11-25(21-26)39-4/h5-16,19-21,34-35H,17-18H2,1-4H3,(H,33,36). The molecule has 0 fully saturated rings. The van der Waals surface area contributed by atoms with E-state index in [0.717, 1.165) is 5.56 Å². The minimum atomic E-state index is -4.13. The molecule has 4 aromatic carbocycles. The van der Waals surface area contributed by atoms with Crippen LogP contribution in [-0.4, -0.2) is 39.8 Å². The number of sulfonamides is 1. The second-order valence-electron chi connectivity index (χ2n) is 10.4. The maximum absolute atomic E-state index is 13.6. The summed E-state index contributed by atoms with van der Waals surface area (Å²) < 4.78 is 46.9. The molecule has 0 radical (unpaired) electrons. The van der Waals surface area contributed by atoms with E-state index < -0.39 is 15.9 Å². The van der Waals surface area contributed by atoms with E-state index in [0.29, 0.717) is 17.2 Å². The van der Waals surface area contributed by atoms with Gasteiger partial charge in [-0.15, -0.1) is 0 Å². The molecule has 0 spiro atoms. The zero-order valence-electron chi connectivity index (χ0n) is 23.9. The highest BCUT2D eigenvalue weighted by atomic mass is 32.2. The van der Waals surface area contributed by atoms with Crippen molar-refractivity contribution < 1.29 is 32.5 Å². The minimum absolute atomic E-state index is 0.00264. The number of carbonyl (C=O) groups is 1. The SMILES string of the molecule is COc1cccc(Oc2c(NS(=O)(=O)c3ccc(C(C)(C)C)cc3)cc(C(=O)Nc3ccccc3)cc2OCCO)c1. The number of aliphatic hydroxyl groups excluding tert-OH is 1. The molecular weight excluding hydrogens is 556 g/mol. The number of benzene rings is 4. The fourth-order valence-electron chi connectivity index (χ4n) is 4.02. The van der Waals surface area contributed by atoms with E-state index in [-0.39, 0.29) is 46.3 Å². The number of methoxy groups -OCH3 is 1. The zero-order chi connectivity index (χ0) is 30.3. The third-order valence-electron chi connectivity index (χ3n) is 6.23. The highest BCUT2D eigenvalue weighted by molar-refractivity contribution is 7.92. The molecule has 42 heavy (non-hydrogen) atoms. The third kappa shape index (κ3) is 7.59. The lowest BCUT2D eigenvalue weighted by Gasteiger charge is -2.20. The molecule has 9 nitrogen and oxygen atoms in total. The van der Waals surface area contributed by atoms with Gasteiger partial charge in [0.25, 0.3) is 15.9 Å². The number of rotatable bonds is 11. The Kier molecular flexibility index (Phi) is 9.39. The summed E-state index contributed by atoms with van der Waals surface area (Å²) in [6, 6.07) is 25.0. The molecule has 3 N–H and O–H groups in total. The first-order valence-electron chi connectivity index (χ1n) is 13.2. The maximum Gasteiger partial charge on any atom is 0.262 e. The van der Waals surface area contributed by atoms with Crippen LogP contribution in [0, 0.1) is 0 Å². The van der Waals surface area contributed by atoms with E-state index in [1.165, 1.54) is 31.4 Å². The van der Waals surface area contributed by atoms with Gasteiger partial charge in [0.2, 0.25) is 0 Å². The summed E-state index contributed by atoms with van der Waals surface area (Å²) in [5.41, 5.74) is 1.44. The number of anilines is 2. The maximum atomic E-state index is 13.6. The second-order valence-corrected chi connectivity index (χ2v) is 12.1. The van der Waals surface area contributed by atoms with Gasteiger partial charge in [0.05, 0.1) is 24.3 Å². The molecular formula is C32H34N2O7S. The fourth-order valence-corrected chi connectivity index (χ4v) is 5.08. The molecule has 0 heterocycles. The number of nitrogens with one attached hydrogen (secondary N) is 2. The Morgan fingerprint density at radius 1 is 0.881 bits per heavy atom. The Morgan fingerprint density at radius 2 is 1.57 bits per heavy atom. The first-order chi connectivity index (χ1) is 20.0. The van der Waals surface area contributed by atoms with Gasteiger partial charge >= 0.3 is 0 Å². The number of hydrogen-bond donors (Lipinski definition) is 3. The van der Waals surface area contributed by atoms with Crippen LogP contribution in [0.4, 0.5) is 11.4 Å². The monoisotopic (exact) mass is 590 g/mol. The quantitative estimate of drug-likeness (QED) is 0.190. The Balaban J connectivity index is 1.81. The molecule has 0 atom stereocenters. The first kappa shape index (κ1) is 30.4. The van der Waals surface area contributed by atoms with Crippen LogP contribution in [0.3, 0.4) is 0 Å². The molecule has 0 bridgehead atoms. The van der Waals surface area contributed by atoms with Gasteiger partial charge in [-0.05, 0) is 59.5 Å². The molecule has 0 aliphatic rings. The zero-order valence-corrected chi connectivity index (χ0v) is 24.7. The normalized spacial score (nSPS) is 11.5. The van der Waals surface area contributed by atoms with E-state index >= 15 is 0 Å². The van der Waals surface area contributed by atoms with Crippen molar-refractivity contribution >= 4 is 27.3 Å². The molecule has 0 aliphatic carbocycles. The van der Waals surface area contributed by atoms with E-state index in [9.17, 15) is 18.3 Å². The number of aliphatic hydroxyl groups is 1. The average molecular weight is 591 g/mol. The van der Waals surface area contributed by atoms with Crippen molar-refractivity contribution in [3.63, 3.8) is 0 Å². The van der Waals surface area contributed by atoms with Gasteiger partial charge in [0.1, 0.15) is 18.1 Å². The molecule has 4 aromatic rings. The minimum Gasteiger partial charge on any atom is -0.497 e. The molecule has 0 saturated heterocycles. The number of amides is 1. The van der Waals surface area contributed by atoms with Crippen LogP contribution in [0.15, 0.2) is 95.9 Å². The van der Waals surface area contributed by atoms with Crippen molar-refractivity contribution in [2.24, 2.45) is 0 Å². The van der Waals surface area contributed by atoms with Gasteiger partial charge in [-0.2, -0.15) is 0 Å². The van der Waals surface area contributed by atoms with E-state index in [1.807, 2.05) is 26.8 Å². The van der Waals surface area contributed by atoms with Crippen molar-refractivity contribution in [2.75, 3.05) is 30.4 Å². The Hall–Kier alpha value is -4.54. The topological polar surface area (TPSA) is 123 Å². The summed E-state index contributed by atoms with van der Waals surface area (Å²) in [4.78, 5) is 13.3. The van der Waals surface area contributed by atoms with Gasteiger partial charge in [-0.3, -0.25) is 9.52 Å². The van der Waals surface area contributed by atoms with Crippen LogP contribution < -0.4 is 24.2 Å². The summed E-state index contributed by atoms with van der Waals surface area (Å²) in [6.45, 7) is 5.67. The molecule has 10 heteroatoms. The van der Waals surface area contributed by atoms with Crippen LogP contribution in [0.2, 0.25) is 0 Å². The third-order valence-corrected chi connectivity index (χ3v) is 7.62. The van der Waals surface area contributed by atoms with E-state index in [2.05, 4.69) is 10.0 Å². The van der Waals surface area contributed by atoms with Crippen LogP contribution in [0.1, 0.15) is 36.7 Å². The predicted molar refractivity (Wildman–Crippen MR) is 162 cm³/mol. The summed E-state index contributed by atoms with van der Waals surface area (Å²) in [5.74, 6) is 0.402. The summed E-state index contributed by atoms with van der Waals surface area (Å²) in [6.07, 6.45) is 0. The Labute approximate surface area is 246 Å². The second kappa shape index (κ2) is 13.0. The predicted octanol–water partition coefficient (Wildman–Crippen LogP) is 6.21. The van der Waals surface area contributed by atoms with Gasteiger partial charge in [0, 0.05) is 17.3 Å². The Bertz CT molecular complexity index is 1630. The molecule has 220 valence electrons. The number of ether oxygens (including phenoxy) is 3. The Morgan fingerprint density at radius 3 is 2.21 bits per heavy atom. The summed E-state index contributed by atoms with van der Waals surface area (Å²) in [7, 11) is -2.62. The van der Waals surface area contributed by atoms with Gasteiger partial charge in [0.15, 0.2) is 11.5 Å². The van der Waals surface area contributed by atoms with Gasteiger partial charge in [-0.1, -0.05) is 57.2 Å². The van der Waals surface area contributed by atoms with Gasteiger partial charge < -0.3 is 24.6 Å². The number of para-hydroxylation sites is 1. The summed E-state index contributed by atoms with van der Waals surface area (Å²) in [5, 5.41) is 12.3. The highest BCUT2D eigenvalue weighted by Crippen LogP contribution is 2.42. The molecule has 0 unspecified atom stereocenters. The van der Waals surface area contributed by atoms with E-state index in [4.69, 9.17) is 14.2 Å². The van der Waals surface area contributed by atoms with Crippen LogP contribution >= 0.6 is 0 Å². The molecule has 0 saturated carbocycles. The fraction of sp³-hybridized carbons (Fsp3) is 0.219. The van der Waals surface area contributed by atoms with Crippen molar-refractivity contribution in [3.8, 4) is 23.0 Å². The van der Waals surface area contributed by atoms with Crippen molar-refractivity contribution in [2.45, 2.75) is 31.1 Å². The molecule has 0 aliphatic heterocycles. The van der Waals surface area contributed by atoms with Crippen molar-refractivity contribution in [1.29, 1.82) is 0 Å². The first-order valence-corrected chi connectivity index (χ1v) is 14.7. The smallest absolute Gasteiger partial charge is 0.262 e. The lowest BCUT2D eigenvalue weighted by molar-refractivity contribution is 0.102. The molecule has 1 amide bonds. The van der Waals surface area contributed by atoms with E-state index in [1.54, 1.807) is 60.7 Å². The van der Waals surface area contributed by atoms with Crippen molar-refractivity contribution in [3.05, 3.63) is 102 Å². The number of carbonyl (C=O) groups excluding carboxylic acids is 1. The van der Waals surface area contributed by atoms with Crippen molar-refractivity contribution in [1.82, 2.24) is 0 Å². The average Bonchev–Trinajstić information content (AvgIpc) is 2.97. The molecule has 0 aromatic heterocycles.